The van der Waals surface area contributed by atoms with Crippen LogP contribution in [0.4, 0.5) is 5.82 Å². The lowest BCUT2D eigenvalue weighted by atomic mass is 10.2. The number of nitrogens with one attached hydrogen (secondary N) is 1. The summed E-state index contributed by atoms with van der Waals surface area (Å²) >= 11 is 6.25. The van der Waals surface area contributed by atoms with Gasteiger partial charge in [-0.05, 0) is 30.7 Å². The third kappa shape index (κ3) is 5.26. The van der Waals surface area contributed by atoms with E-state index in [1.807, 2.05) is 13.0 Å². The Labute approximate surface area is 199 Å². The van der Waals surface area contributed by atoms with E-state index in [0.717, 1.165) is 5.56 Å². The molecule has 4 aromatic heterocycles. The molecule has 0 aliphatic carbocycles. The number of halogens is 1. The number of amides is 1. The normalized spacial score (nSPS) is 11.7. The summed E-state index contributed by atoms with van der Waals surface area (Å²) in [6, 6.07) is 6.89. The molecule has 0 aliphatic heterocycles. The van der Waals surface area contributed by atoms with E-state index in [-0.39, 0.29) is 18.9 Å². The maximum absolute atomic E-state index is 13.0. The molecular weight excluding hydrogens is 462 g/mol. The molecular formula is C22H20ClN7O4. The molecule has 4 rings (SSSR count). The number of carbonyl (C=O) groups is 2. The monoisotopic (exact) mass is 481 g/mol. The molecule has 0 saturated carbocycles. The van der Waals surface area contributed by atoms with E-state index in [0.29, 0.717) is 27.7 Å². The molecule has 12 heteroatoms. The standard InChI is InChI=1S/C22H20ClN7O4/c1-13-5-6-18(25-10-13)29-21(32)17(7-9-33-14(2)31)34-22-15-11-28-30(19(15)26-12-27-22)20-16(23)4-3-8-24-20/h3-6,8,10-12,17H,7,9H2,1-2H3,(H,25,29,32)/t17-/m0/s1. The van der Waals surface area contributed by atoms with Gasteiger partial charge in [0.15, 0.2) is 17.6 Å². The second-order valence-corrected chi connectivity index (χ2v) is 7.63. The van der Waals surface area contributed by atoms with Gasteiger partial charge in [-0.3, -0.25) is 9.59 Å². The lowest BCUT2D eigenvalue weighted by Gasteiger charge is -2.18. The van der Waals surface area contributed by atoms with Crippen molar-refractivity contribution in [2.45, 2.75) is 26.4 Å². The molecule has 0 radical (unpaired) electrons. The number of carbonyl (C=O) groups excluding carboxylic acids is 2. The number of aromatic nitrogens is 6. The van der Waals surface area contributed by atoms with Crippen LogP contribution >= 0.6 is 11.6 Å². The summed E-state index contributed by atoms with van der Waals surface area (Å²) in [5, 5.41) is 7.85. The van der Waals surface area contributed by atoms with Crippen LogP contribution < -0.4 is 10.1 Å². The Morgan fingerprint density at radius 2 is 2.00 bits per heavy atom. The summed E-state index contributed by atoms with van der Waals surface area (Å²) in [6.07, 6.45) is 5.05. The Kier molecular flexibility index (Phi) is 6.93. The molecule has 0 unspecified atom stereocenters. The van der Waals surface area contributed by atoms with Crippen LogP contribution in [0.1, 0.15) is 18.9 Å². The van der Waals surface area contributed by atoms with Crippen molar-refractivity contribution in [1.29, 1.82) is 0 Å². The maximum atomic E-state index is 13.0. The van der Waals surface area contributed by atoms with Crippen molar-refractivity contribution in [2.24, 2.45) is 0 Å². The summed E-state index contributed by atoms with van der Waals surface area (Å²) in [5.41, 5.74) is 1.35. The predicted molar refractivity (Wildman–Crippen MR) is 123 cm³/mol. The maximum Gasteiger partial charge on any atom is 0.302 e. The minimum absolute atomic E-state index is 0.0220. The fraction of sp³-hybridized carbons (Fsp3) is 0.227. The number of hydrogen-bond acceptors (Lipinski definition) is 9. The van der Waals surface area contributed by atoms with Crippen molar-refractivity contribution < 1.29 is 19.1 Å². The SMILES string of the molecule is CC(=O)OCC[C@H](Oc1ncnc2c1cnn2-c1ncccc1Cl)C(=O)Nc1ccc(C)cn1. The highest BCUT2D eigenvalue weighted by molar-refractivity contribution is 6.32. The van der Waals surface area contributed by atoms with Crippen LogP contribution in [0.25, 0.3) is 16.9 Å². The van der Waals surface area contributed by atoms with E-state index in [9.17, 15) is 9.59 Å². The van der Waals surface area contributed by atoms with Crippen LogP contribution in [-0.4, -0.2) is 54.3 Å². The number of ether oxygens (including phenoxy) is 2. The highest BCUT2D eigenvalue weighted by Crippen LogP contribution is 2.26. The molecule has 34 heavy (non-hydrogen) atoms. The van der Waals surface area contributed by atoms with Gasteiger partial charge in [0.05, 0.1) is 17.8 Å². The number of fused-ring (bicyclic) bond motifs is 1. The average molecular weight is 482 g/mol. The van der Waals surface area contributed by atoms with Crippen molar-refractivity contribution in [3.63, 3.8) is 0 Å². The largest absolute Gasteiger partial charge is 0.466 e. The molecule has 11 nitrogen and oxygen atoms in total. The Bertz CT molecular complexity index is 1330. The molecule has 0 spiro atoms. The van der Waals surface area contributed by atoms with E-state index < -0.39 is 18.0 Å². The zero-order valence-corrected chi connectivity index (χ0v) is 19.1. The average Bonchev–Trinajstić information content (AvgIpc) is 3.25. The number of pyridine rings is 2. The van der Waals surface area contributed by atoms with Gasteiger partial charge in [0, 0.05) is 25.7 Å². The molecule has 1 N–H and O–H groups in total. The Balaban J connectivity index is 1.61. The van der Waals surface area contributed by atoms with Crippen LogP contribution in [0.2, 0.25) is 5.02 Å². The van der Waals surface area contributed by atoms with E-state index >= 15 is 0 Å². The Hall–Kier alpha value is -4.12. The van der Waals surface area contributed by atoms with E-state index in [1.54, 1.807) is 30.6 Å². The van der Waals surface area contributed by atoms with E-state index in [2.05, 4.69) is 30.4 Å². The summed E-state index contributed by atoms with van der Waals surface area (Å²) < 4.78 is 12.4. The number of rotatable bonds is 8. The van der Waals surface area contributed by atoms with Gasteiger partial charge in [-0.15, -0.1) is 0 Å². The molecule has 0 saturated heterocycles. The summed E-state index contributed by atoms with van der Waals surface area (Å²) in [4.78, 5) is 41.0. The van der Waals surface area contributed by atoms with Crippen molar-refractivity contribution >= 4 is 40.3 Å². The van der Waals surface area contributed by atoms with Crippen molar-refractivity contribution in [3.05, 3.63) is 59.8 Å². The number of anilines is 1. The van der Waals surface area contributed by atoms with Gasteiger partial charge in [-0.25, -0.2) is 19.9 Å². The Morgan fingerprint density at radius 3 is 2.74 bits per heavy atom. The predicted octanol–water partition coefficient (Wildman–Crippen LogP) is 2.91. The second-order valence-electron chi connectivity index (χ2n) is 7.23. The van der Waals surface area contributed by atoms with E-state index in [4.69, 9.17) is 21.1 Å². The molecule has 0 aromatic carbocycles. The first kappa shape index (κ1) is 23.1. The first-order valence-corrected chi connectivity index (χ1v) is 10.6. The van der Waals surface area contributed by atoms with Gasteiger partial charge in [-0.2, -0.15) is 9.78 Å². The highest BCUT2D eigenvalue weighted by atomic mass is 35.5. The number of hydrogen-bond donors (Lipinski definition) is 1. The van der Waals surface area contributed by atoms with Crippen molar-refractivity contribution in [3.8, 4) is 11.7 Å². The van der Waals surface area contributed by atoms with Crippen LogP contribution in [0.15, 0.2) is 49.2 Å². The molecule has 4 heterocycles. The van der Waals surface area contributed by atoms with Gasteiger partial charge >= 0.3 is 5.97 Å². The van der Waals surface area contributed by atoms with Crippen molar-refractivity contribution in [1.82, 2.24) is 29.7 Å². The highest BCUT2D eigenvalue weighted by Gasteiger charge is 2.24. The lowest BCUT2D eigenvalue weighted by molar-refractivity contribution is -0.142. The Morgan fingerprint density at radius 1 is 1.15 bits per heavy atom. The van der Waals surface area contributed by atoms with E-state index in [1.165, 1.54) is 24.1 Å². The lowest BCUT2D eigenvalue weighted by Crippen LogP contribution is -2.34. The first-order valence-electron chi connectivity index (χ1n) is 10.3. The van der Waals surface area contributed by atoms with Crippen LogP contribution in [0.5, 0.6) is 5.88 Å². The van der Waals surface area contributed by atoms with Crippen LogP contribution in [0, 0.1) is 6.92 Å². The zero-order chi connectivity index (χ0) is 24.1. The topological polar surface area (TPSA) is 134 Å². The molecule has 0 bridgehead atoms. The third-order valence-corrected chi connectivity index (χ3v) is 4.96. The van der Waals surface area contributed by atoms with Crippen LogP contribution in [-0.2, 0) is 14.3 Å². The fourth-order valence-electron chi connectivity index (χ4n) is 3.04. The second kappa shape index (κ2) is 10.2. The fourth-order valence-corrected chi connectivity index (χ4v) is 3.24. The minimum atomic E-state index is -1.04. The summed E-state index contributed by atoms with van der Waals surface area (Å²) in [7, 11) is 0. The number of esters is 1. The first-order chi connectivity index (χ1) is 16.4. The smallest absolute Gasteiger partial charge is 0.302 e. The van der Waals surface area contributed by atoms with Gasteiger partial charge in [0.1, 0.15) is 17.5 Å². The molecule has 4 aromatic rings. The van der Waals surface area contributed by atoms with Crippen LogP contribution in [0.3, 0.4) is 0 Å². The number of aryl methyl sites for hydroxylation is 1. The quantitative estimate of drug-likeness (QED) is 0.377. The zero-order valence-electron chi connectivity index (χ0n) is 18.3. The molecule has 1 atom stereocenters. The van der Waals surface area contributed by atoms with Crippen molar-refractivity contribution in [2.75, 3.05) is 11.9 Å². The summed E-state index contributed by atoms with van der Waals surface area (Å²) in [6.45, 7) is 3.16. The van der Waals surface area contributed by atoms with Gasteiger partial charge in [0.25, 0.3) is 5.91 Å². The molecule has 0 aliphatic rings. The number of nitrogens with zero attached hydrogens (tertiary/aromatic N) is 6. The molecule has 0 fully saturated rings. The van der Waals surface area contributed by atoms with Gasteiger partial charge < -0.3 is 14.8 Å². The summed E-state index contributed by atoms with van der Waals surface area (Å²) in [5.74, 6) is -0.0589. The molecule has 1 amide bonds. The molecule has 174 valence electrons. The van der Waals surface area contributed by atoms with Gasteiger partial charge in [-0.1, -0.05) is 17.7 Å². The minimum Gasteiger partial charge on any atom is -0.466 e. The third-order valence-electron chi connectivity index (χ3n) is 4.66. The van der Waals surface area contributed by atoms with Gasteiger partial charge in [0.2, 0.25) is 5.88 Å².